The third kappa shape index (κ3) is 1.75. The smallest absolute Gasteiger partial charge is 0.147 e. The summed E-state index contributed by atoms with van der Waals surface area (Å²) in [5.74, 6) is -0.134. The number of hydrogen-bond acceptors (Lipinski definition) is 1. The topological polar surface area (TPSA) is 17.0 Å². The van der Waals surface area contributed by atoms with E-state index in [0.717, 1.165) is 17.4 Å². The minimum atomic E-state index is -0.134. The van der Waals surface area contributed by atoms with Gasteiger partial charge in [0.1, 0.15) is 5.82 Å². The van der Waals surface area contributed by atoms with Crippen LogP contribution >= 0.6 is 0 Å². The van der Waals surface area contributed by atoms with Crippen molar-refractivity contribution in [1.29, 1.82) is 0 Å². The van der Waals surface area contributed by atoms with Crippen LogP contribution in [0.3, 0.4) is 0 Å². The Hall–Kier alpha value is -1.35. The van der Waals surface area contributed by atoms with E-state index in [9.17, 15) is 4.39 Å². The molecule has 2 aromatic rings. The number of halogens is 1. The van der Waals surface area contributed by atoms with Gasteiger partial charge in [-0.15, -0.1) is 0 Å². The highest BCUT2D eigenvalue weighted by molar-refractivity contribution is 5.85. The van der Waals surface area contributed by atoms with Crippen molar-refractivity contribution < 1.29 is 4.39 Å². The summed E-state index contributed by atoms with van der Waals surface area (Å²) < 4.78 is 15.8. The van der Waals surface area contributed by atoms with Gasteiger partial charge < -0.3 is 9.88 Å². The van der Waals surface area contributed by atoms with Gasteiger partial charge in [-0.1, -0.05) is 12.1 Å². The Morgan fingerprint density at radius 3 is 2.82 bits per heavy atom. The fourth-order valence-electron chi connectivity index (χ4n) is 2.48. The molecule has 90 valence electrons. The molecule has 0 unspecified atom stereocenters. The van der Waals surface area contributed by atoms with E-state index in [-0.39, 0.29) is 5.82 Å². The molecule has 0 amide bonds. The molecule has 0 radical (unpaired) electrons. The molecule has 0 saturated heterocycles. The number of hydrogen-bond donors (Lipinski definition) is 1. The summed E-state index contributed by atoms with van der Waals surface area (Å²) in [7, 11) is 1.95. The zero-order valence-electron chi connectivity index (χ0n) is 10.3. The molecule has 3 rings (SSSR count). The number of aryl methyl sites for hydroxylation is 2. The first-order valence-electron chi connectivity index (χ1n) is 6.14. The first-order valence-corrected chi connectivity index (χ1v) is 6.14. The summed E-state index contributed by atoms with van der Waals surface area (Å²) in [5.41, 5.74) is 3.10. The van der Waals surface area contributed by atoms with Gasteiger partial charge in [-0.3, -0.25) is 0 Å². The molecule has 0 spiro atoms. The van der Waals surface area contributed by atoms with E-state index in [1.54, 1.807) is 6.07 Å². The Kier molecular flexibility index (Phi) is 2.44. The number of aromatic nitrogens is 1. The fourth-order valence-corrected chi connectivity index (χ4v) is 2.48. The normalized spacial score (nSPS) is 15.7. The van der Waals surface area contributed by atoms with Crippen LogP contribution in [0.15, 0.2) is 18.2 Å². The molecule has 1 saturated carbocycles. The molecule has 1 aromatic carbocycles. The molecule has 0 bridgehead atoms. The third-order valence-electron chi connectivity index (χ3n) is 3.70. The van der Waals surface area contributed by atoms with Crippen molar-refractivity contribution in [2.45, 2.75) is 32.4 Å². The van der Waals surface area contributed by atoms with Gasteiger partial charge in [0.15, 0.2) is 0 Å². The second-order valence-corrected chi connectivity index (χ2v) is 4.92. The number of nitrogens with zero attached hydrogens (tertiary/aromatic N) is 1. The van der Waals surface area contributed by atoms with Gasteiger partial charge in [0.25, 0.3) is 0 Å². The SMILES string of the molecule is Cc1c(CNC2CC2)n(C)c2c(F)cccc12. The highest BCUT2D eigenvalue weighted by Gasteiger charge is 2.22. The van der Waals surface area contributed by atoms with E-state index >= 15 is 0 Å². The highest BCUT2D eigenvalue weighted by Crippen LogP contribution is 2.27. The van der Waals surface area contributed by atoms with Gasteiger partial charge >= 0.3 is 0 Å². The number of nitrogens with one attached hydrogen (secondary N) is 1. The Labute approximate surface area is 100 Å². The van der Waals surface area contributed by atoms with E-state index in [0.29, 0.717) is 6.04 Å². The van der Waals surface area contributed by atoms with Crippen LogP contribution in [0, 0.1) is 12.7 Å². The van der Waals surface area contributed by atoms with Crippen molar-refractivity contribution in [3.8, 4) is 0 Å². The first-order chi connectivity index (χ1) is 8.18. The molecule has 1 aliphatic rings. The summed E-state index contributed by atoms with van der Waals surface area (Å²) in [6.45, 7) is 2.91. The summed E-state index contributed by atoms with van der Waals surface area (Å²) in [6.07, 6.45) is 2.55. The fraction of sp³-hybridized carbons (Fsp3) is 0.429. The Balaban J connectivity index is 2.07. The van der Waals surface area contributed by atoms with Gasteiger partial charge in [-0.2, -0.15) is 0 Å². The standard InChI is InChI=1S/C14H17FN2/c1-9-11-4-3-5-12(15)14(11)17(2)13(9)8-16-10-6-7-10/h3-5,10,16H,6-8H2,1-2H3. The van der Waals surface area contributed by atoms with Crippen molar-refractivity contribution in [1.82, 2.24) is 9.88 Å². The van der Waals surface area contributed by atoms with Crippen molar-refractivity contribution in [3.05, 3.63) is 35.3 Å². The number of benzene rings is 1. The lowest BCUT2D eigenvalue weighted by Crippen LogP contribution is -2.18. The molecule has 0 atom stereocenters. The van der Waals surface area contributed by atoms with Crippen LogP contribution in [0.25, 0.3) is 10.9 Å². The van der Waals surface area contributed by atoms with Crippen LogP contribution in [0.4, 0.5) is 4.39 Å². The summed E-state index contributed by atoms with van der Waals surface area (Å²) in [6, 6.07) is 5.98. The lowest BCUT2D eigenvalue weighted by Gasteiger charge is -2.06. The maximum atomic E-state index is 13.8. The summed E-state index contributed by atoms with van der Waals surface area (Å²) in [5, 5.41) is 4.52. The average molecular weight is 232 g/mol. The molecule has 2 nitrogen and oxygen atoms in total. The van der Waals surface area contributed by atoms with Crippen molar-refractivity contribution >= 4 is 10.9 Å². The molecule has 1 N–H and O–H groups in total. The second-order valence-electron chi connectivity index (χ2n) is 4.92. The van der Waals surface area contributed by atoms with Gasteiger partial charge in [0, 0.05) is 30.7 Å². The van der Waals surface area contributed by atoms with Crippen LogP contribution in [0.1, 0.15) is 24.1 Å². The number of fused-ring (bicyclic) bond motifs is 1. The van der Waals surface area contributed by atoms with Gasteiger partial charge in [0.05, 0.1) is 5.52 Å². The molecule has 1 aliphatic carbocycles. The monoisotopic (exact) mass is 232 g/mol. The van der Waals surface area contributed by atoms with E-state index in [1.807, 2.05) is 17.7 Å². The second kappa shape index (κ2) is 3.84. The molecule has 3 heteroatoms. The van der Waals surface area contributed by atoms with Gasteiger partial charge in [0.2, 0.25) is 0 Å². The van der Waals surface area contributed by atoms with Crippen molar-refractivity contribution in [2.24, 2.45) is 7.05 Å². The lowest BCUT2D eigenvalue weighted by atomic mass is 10.1. The highest BCUT2D eigenvalue weighted by atomic mass is 19.1. The van der Waals surface area contributed by atoms with Crippen molar-refractivity contribution in [3.63, 3.8) is 0 Å². The third-order valence-corrected chi connectivity index (χ3v) is 3.70. The minimum Gasteiger partial charge on any atom is -0.344 e. The predicted octanol–water partition coefficient (Wildman–Crippen LogP) is 2.88. The summed E-state index contributed by atoms with van der Waals surface area (Å²) >= 11 is 0. The zero-order valence-corrected chi connectivity index (χ0v) is 10.3. The number of para-hydroxylation sites is 1. The predicted molar refractivity (Wildman–Crippen MR) is 67.5 cm³/mol. The Morgan fingerprint density at radius 1 is 1.41 bits per heavy atom. The van der Waals surface area contributed by atoms with E-state index < -0.39 is 0 Å². The molecular formula is C14H17FN2. The zero-order chi connectivity index (χ0) is 12.0. The van der Waals surface area contributed by atoms with E-state index in [2.05, 4.69) is 12.2 Å². The van der Waals surface area contributed by atoms with Gasteiger partial charge in [-0.25, -0.2) is 4.39 Å². The van der Waals surface area contributed by atoms with Crippen LogP contribution < -0.4 is 5.32 Å². The van der Waals surface area contributed by atoms with E-state index in [1.165, 1.54) is 30.2 Å². The van der Waals surface area contributed by atoms with Gasteiger partial charge in [-0.05, 0) is 31.4 Å². The molecule has 1 aromatic heterocycles. The van der Waals surface area contributed by atoms with Crippen LogP contribution in [-0.4, -0.2) is 10.6 Å². The molecule has 0 aliphatic heterocycles. The van der Waals surface area contributed by atoms with Crippen molar-refractivity contribution in [2.75, 3.05) is 0 Å². The maximum Gasteiger partial charge on any atom is 0.147 e. The van der Waals surface area contributed by atoms with Crippen LogP contribution in [-0.2, 0) is 13.6 Å². The Bertz CT molecular complexity index is 567. The average Bonchev–Trinajstić information content (AvgIpc) is 3.08. The van der Waals surface area contributed by atoms with Crippen LogP contribution in [0.5, 0.6) is 0 Å². The Morgan fingerprint density at radius 2 is 2.18 bits per heavy atom. The first kappa shape index (κ1) is 10.8. The maximum absolute atomic E-state index is 13.8. The largest absolute Gasteiger partial charge is 0.344 e. The summed E-state index contributed by atoms with van der Waals surface area (Å²) in [4.78, 5) is 0. The molecule has 1 heterocycles. The van der Waals surface area contributed by atoms with E-state index in [4.69, 9.17) is 0 Å². The number of rotatable bonds is 3. The molecule has 1 fully saturated rings. The quantitative estimate of drug-likeness (QED) is 0.861. The molecular weight excluding hydrogens is 215 g/mol. The lowest BCUT2D eigenvalue weighted by molar-refractivity contribution is 0.621. The molecule has 17 heavy (non-hydrogen) atoms. The minimum absolute atomic E-state index is 0.134. The van der Waals surface area contributed by atoms with Crippen LogP contribution in [0.2, 0.25) is 0 Å².